The lowest BCUT2D eigenvalue weighted by Crippen LogP contribution is -2.49. The van der Waals surface area contributed by atoms with E-state index in [0.29, 0.717) is 0 Å². The number of imidazole rings is 1. The van der Waals surface area contributed by atoms with Crippen molar-refractivity contribution in [3.05, 3.63) is 12.4 Å². The van der Waals surface area contributed by atoms with Crippen LogP contribution in [0, 0.1) is 6.08 Å². The van der Waals surface area contributed by atoms with Gasteiger partial charge in [0.25, 0.3) is 5.91 Å². The van der Waals surface area contributed by atoms with Gasteiger partial charge < -0.3 is 29.8 Å². The molecule has 0 saturated carbocycles. The van der Waals surface area contributed by atoms with Gasteiger partial charge in [0.05, 0.1) is 0 Å². The highest BCUT2D eigenvalue weighted by atomic mass is 19.1. The molecule has 2 aromatic heterocycles. The van der Waals surface area contributed by atoms with E-state index in [-0.39, 0.29) is 17.0 Å². The Kier molecular flexibility index (Phi) is 5.54. The molecule has 1 aliphatic rings. The predicted molar refractivity (Wildman–Crippen MR) is 92.5 cm³/mol. The fourth-order valence-electron chi connectivity index (χ4n) is 3.07. The molecule has 0 aromatic carbocycles. The Hall–Kier alpha value is -3.39. The highest BCUT2D eigenvalue weighted by Crippen LogP contribution is 2.39. The van der Waals surface area contributed by atoms with Gasteiger partial charge in [0.1, 0.15) is 19.0 Å². The number of carbonyl (C=O) groups is 3. The Morgan fingerprint density at radius 2 is 1.90 bits per heavy atom. The lowest BCUT2D eigenvalue weighted by Gasteiger charge is -2.30. The molecule has 13 nitrogen and oxygen atoms in total. The van der Waals surface area contributed by atoms with Gasteiger partial charge in [-0.2, -0.15) is 14.4 Å². The maximum atomic E-state index is 13.7. The van der Waals surface area contributed by atoms with Crippen LogP contribution in [0.15, 0.2) is 6.33 Å². The summed E-state index contributed by atoms with van der Waals surface area (Å²) in [5.74, 6) is -5.19. The summed E-state index contributed by atoms with van der Waals surface area (Å²) in [6.07, 6.45) is -4.51. The maximum Gasteiger partial charge on any atom is 0.312 e. The third-order valence-corrected chi connectivity index (χ3v) is 4.15. The Labute approximate surface area is 167 Å². The predicted octanol–water partition coefficient (Wildman–Crippen LogP) is -1.02. The zero-order valence-corrected chi connectivity index (χ0v) is 16.1. The number of anilines is 1. The van der Waals surface area contributed by atoms with Crippen molar-refractivity contribution in [1.29, 1.82) is 0 Å². The Bertz CT molecular complexity index is 1010. The fourth-order valence-corrected chi connectivity index (χ4v) is 3.07. The summed E-state index contributed by atoms with van der Waals surface area (Å²) in [4.78, 5) is 45.3. The summed E-state index contributed by atoms with van der Waals surface area (Å²) in [5.41, 5.74) is 5.28. The summed E-state index contributed by atoms with van der Waals surface area (Å²) in [6.45, 7) is 2.82. The summed E-state index contributed by atoms with van der Waals surface area (Å²) in [7, 11) is 0. The normalized spacial score (nSPS) is 25.8. The Morgan fingerprint density at radius 3 is 2.50 bits per heavy atom. The van der Waals surface area contributed by atoms with Crippen LogP contribution in [0.4, 0.5) is 10.2 Å². The van der Waals surface area contributed by atoms with Crippen molar-refractivity contribution < 1.29 is 42.8 Å². The van der Waals surface area contributed by atoms with Crippen molar-refractivity contribution in [2.45, 2.75) is 45.0 Å². The molecule has 0 amide bonds. The van der Waals surface area contributed by atoms with Gasteiger partial charge in [0, 0.05) is 20.8 Å². The number of ether oxygens (including phenoxy) is 4. The number of nitrogen functional groups attached to an aromatic ring is 1. The molecule has 0 aliphatic carbocycles. The van der Waals surface area contributed by atoms with Gasteiger partial charge in [0.15, 0.2) is 23.1 Å². The number of esters is 3. The van der Waals surface area contributed by atoms with E-state index in [1.54, 1.807) is 0 Å². The molecule has 14 heteroatoms. The van der Waals surface area contributed by atoms with Crippen LogP contribution in [-0.4, -0.2) is 67.5 Å². The van der Waals surface area contributed by atoms with Gasteiger partial charge in [-0.1, -0.05) is 0 Å². The molecule has 0 radical (unpaired) electrons. The molecule has 0 spiro atoms. The molecule has 1 fully saturated rings. The molecule has 1 unspecified atom stereocenters. The number of rotatable bonds is 5. The number of fused-ring (bicyclic) bond motifs is 1. The summed E-state index contributed by atoms with van der Waals surface area (Å²) in [5, 5.41) is 11.3. The SMILES string of the molecule is CC(=O)OC[C@@H]1OC(O)(n2cnc3c(N)nc(F)nc32)[C@H](OC(C)=O)[C@H]1OC(C)=O. The first-order chi connectivity index (χ1) is 14.0. The largest absolute Gasteiger partial charge is 0.463 e. The van der Waals surface area contributed by atoms with Gasteiger partial charge in [-0.05, 0) is 0 Å². The van der Waals surface area contributed by atoms with Gasteiger partial charge in [-0.3, -0.25) is 19.0 Å². The maximum absolute atomic E-state index is 13.7. The number of carbonyl (C=O) groups excluding carboxylic acids is 3. The van der Waals surface area contributed by atoms with E-state index in [1.165, 1.54) is 0 Å². The first kappa shape index (κ1) is 21.3. The molecule has 3 rings (SSSR count). The van der Waals surface area contributed by atoms with Crippen molar-refractivity contribution in [3.63, 3.8) is 0 Å². The van der Waals surface area contributed by atoms with Crippen LogP contribution < -0.4 is 5.73 Å². The number of aliphatic hydroxyl groups is 1. The van der Waals surface area contributed by atoms with Gasteiger partial charge in [-0.25, -0.2) is 4.98 Å². The second-order valence-electron chi connectivity index (χ2n) is 6.39. The molecule has 1 saturated heterocycles. The zero-order chi connectivity index (χ0) is 22.2. The van der Waals surface area contributed by atoms with Crippen molar-refractivity contribution in [1.82, 2.24) is 19.5 Å². The average Bonchev–Trinajstić information content (AvgIpc) is 3.15. The van der Waals surface area contributed by atoms with Crippen molar-refractivity contribution in [3.8, 4) is 0 Å². The fraction of sp³-hybridized carbons (Fsp3) is 0.500. The van der Waals surface area contributed by atoms with Crippen molar-refractivity contribution >= 4 is 34.9 Å². The van der Waals surface area contributed by atoms with E-state index in [0.717, 1.165) is 31.7 Å². The molecular formula is C16H18FN5O8. The molecular weight excluding hydrogens is 409 g/mol. The molecule has 4 atom stereocenters. The lowest BCUT2D eigenvalue weighted by molar-refractivity contribution is -0.290. The molecule has 30 heavy (non-hydrogen) atoms. The smallest absolute Gasteiger partial charge is 0.312 e. The third-order valence-electron chi connectivity index (χ3n) is 4.15. The van der Waals surface area contributed by atoms with Gasteiger partial charge in [-0.15, -0.1) is 0 Å². The van der Waals surface area contributed by atoms with Crippen LogP contribution >= 0.6 is 0 Å². The van der Waals surface area contributed by atoms with Crippen LogP contribution in [0.1, 0.15) is 20.8 Å². The molecule has 0 bridgehead atoms. The molecule has 162 valence electrons. The number of halogens is 1. The van der Waals surface area contributed by atoms with Gasteiger partial charge in [0.2, 0.25) is 6.10 Å². The highest BCUT2D eigenvalue weighted by molar-refractivity contribution is 5.81. The zero-order valence-electron chi connectivity index (χ0n) is 16.1. The van der Waals surface area contributed by atoms with Crippen LogP contribution in [-0.2, 0) is 39.2 Å². The molecule has 2 aromatic rings. The quantitative estimate of drug-likeness (QED) is 0.337. The highest BCUT2D eigenvalue weighted by Gasteiger charge is 2.61. The van der Waals surface area contributed by atoms with E-state index in [1.807, 2.05) is 0 Å². The second kappa shape index (κ2) is 7.79. The third kappa shape index (κ3) is 3.86. The Balaban J connectivity index is 2.13. The minimum absolute atomic E-state index is 0.0672. The number of nitrogens with two attached hydrogens (primary N) is 1. The summed E-state index contributed by atoms with van der Waals surface area (Å²) < 4.78 is 35.4. The van der Waals surface area contributed by atoms with Crippen LogP contribution in [0.2, 0.25) is 0 Å². The van der Waals surface area contributed by atoms with Crippen LogP contribution in [0.3, 0.4) is 0 Å². The van der Waals surface area contributed by atoms with Gasteiger partial charge >= 0.3 is 24.0 Å². The number of aromatic nitrogens is 4. The summed E-state index contributed by atoms with van der Waals surface area (Å²) in [6, 6.07) is 0. The summed E-state index contributed by atoms with van der Waals surface area (Å²) >= 11 is 0. The molecule has 3 N–H and O–H groups in total. The first-order valence-corrected chi connectivity index (χ1v) is 8.57. The lowest BCUT2D eigenvalue weighted by atomic mass is 10.1. The average molecular weight is 427 g/mol. The van der Waals surface area contributed by atoms with Crippen molar-refractivity contribution in [2.75, 3.05) is 12.3 Å². The molecule has 3 heterocycles. The number of nitrogens with zero attached hydrogens (tertiary/aromatic N) is 4. The number of hydrogen-bond donors (Lipinski definition) is 2. The first-order valence-electron chi connectivity index (χ1n) is 8.57. The second-order valence-corrected chi connectivity index (χ2v) is 6.39. The standard InChI is InChI=1S/C16H18FN5O8/c1-6(23)27-4-9-11(28-7(2)24)12(29-8(3)25)16(26,30-9)22-5-19-10-13(18)20-15(17)21-14(10)22/h5,9,11-12,26H,4H2,1-3H3,(H2,18,20,21)/t9-,11-,12+,16?/m0/s1. The molecule has 1 aliphatic heterocycles. The van der Waals surface area contributed by atoms with E-state index >= 15 is 0 Å². The van der Waals surface area contributed by atoms with E-state index in [4.69, 9.17) is 24.7 Å². The Morgan fingerprint density at radius 1 is 1.23 bits per heavy atom. The topological polar surface area (TPSA) is 178 Å². The minimum Gasteiger partial charge on any atom is -0.463 e. The van der Waals surface area contributed by atoms with E-state index in [2.05, 4.69) is 15.0 Å². The van der Waals surface area contributed by atoms with E-state index < -0.39 is 54.8 Å². The van der Waals surface area contributed by atoms with Crippen LogP contribution in [0.25, 0.3) is 11.2 Å². The van der Waals surface area contributed by atoms with Crippen molar-refractivity contribution in [2.24, 2.45) is 0 Å². The number of hydrogen-bond acceptors (Lipinski definition) is 12. The minimum atomic E-state index is -2.57. The van der Waals surface area contributed by atoms with E-state index in [9.17, 15) is 23.9 Å². The monoisotopic (exact) mass is 427 g/mol. The van der Waals surface area contributed by atoms with Crippen LogP contribution in [0.5, 0.6) is 0 Å².